The van der Waals surface area contributed by atoms with Gasteiger partial charge in [0, 0.05) is 11.8 Å². The lowest BCUT2D eigenvalue weighted by atomic mass is 9.77. The second-order valence-electron chi connectivity index (χ2n) is 13.1. The molecule has 0 heterocycles. The average molecular weight is 694 g/mol. The van der Waals surface area contributed by atoms with Gasteiger partial charge in [-0.2, -0.15) is 0 Å². The molecular formula is C44H43N3O5. The van der Waals surface area contributed by atoms with Crippen LogP contribution in [0.15, 0.2) is 140 Å². The van der Waals surface area contributed by atoms with Gasteiger partial charge in [0.05, 0.1) is 13.0 Å². The molecular weight excluding hydrogens is 651 g/mol. The van der Waals surface area contributed by atoms with E-state index in [4.69, 9.17) is 4.74 Å². The third-order valence-electron chi connectivity index (χ3n) is 9.89. The van der Waals surface area contributed by atoms with E-state index in [0.717, 1.165) is 38.9 Å². The Balaban J connectivity index is 1.26. The molecule has 264 valence electrons. The van der Waals surface area contributed by atoms with Gasteiger partial charge in [0.25, 0.3) is 0 Å². The predicted molar refractivity (Wildman–Crippen MR) is 201 cm³/mol. The second kappa shape index (κ2) is 16.3. The molecule has 8 heteroatoms. The number of benzene rings is 5. The Morgan fingerprint density at radius 1 is 0.673 bits per heavy atom. The third kappa shape index (κ3) is 7.66. The summed E-state index contributed by atoms with van der Waals surface area (Å²) in [7, 11) is 0. The van der Waals surface area contributed by atoms with E-state index in [0.29, 0.717) is 6.42 Å². The smallest absolute Gasteiger partial charge is 0.407 e. The molecule has 1 aliphatic rings. The number of carbonyl (C=O) groups excluding carboxylic acids is 4. The quantitative estimate of drug-likeness (QED) is 0.107. The van der Waals surface area contributed by atoms with Crippen molar-refractivity contribution in [1.29, 1.82) is 0 Å². The van der Waals surface area contributed by atoms with E-state index in [2.05, 4.69) is 16.0 Å². The predicted octanol–water partition coefficient (Wildman–Crippen LogP) is 7.12. The lowest BCUT2D eigenvalue weighted by molar-refractivity contribution is -0.130. The molecule has 0 aromatic heterocycles. The molecule has 0 bridgehead atoms. The van der Waals surface area contributed by atoms with Crippen LogP contribution < -0.4 is 16.0 Å². The van der Waals surface area contributed by atoms with Crippen LogP contribution in [-0.2, 0) is 24.7 Å². The zero-order valence-electron chi connectivity index (χ0n) is 29.4. The van der Waals surface area contributed by atoms with Gasteiger partial charge in [-0.05, 0) is 45.4 Å². The molecule has 0 saturated carbocycles. The normalized spacial score (nSPS) is 13.2. The molecule has 2 atom stereocenters. The Bertz CT molecular complexity index is 1870. The monoisotopic (exact) mass is 693 g/mol. The highest BCUT2D eigenvalue weighted by molar-refractivity contribution is 5.94. The third-order valence-corrected chi connectivity index (χ3v) is 9.89. The minimum atomic E-state index is -1.33. The van der Waals surface area contributed by atoms with Gasteiger partial charge in [0.1, 0.15) is 18.2 Å². The van der Waals surface area contributed by atoms with Crippen LogP contribution in [0.5, 0.6) is 0 Å². The van der Waals surface area contributed by atoms with Crippen molar-refractivity contribution in [2.75, 3.05) is 13.2 Å². The Hall–Kier alpha value is -6.02. The van der Waals surface area contributed by atoms with Crippen LogP contribution in [0.4, 0.5) is 4.79 Å². The summed E-state index contributed by atoms with van der Waals surface area (Å²) >= 11 is 0. The number of hydrogen-bond acceptors (Lipinski definition) is 5. The molecule has 0 unspecified atom stereocenters. The SMILES string of the molecule is CC[C@H](C)C(=O)CNC(=O)[C@H](CC(=O)NC(c1ccccc1)(c1ccccc1)c1ccccc1)NC(=O)OCC1c2ccccc2-c2ccccc21. The minimum Gasteiger partial charge on any atom is -0.449 e. The van der Waals surface area contributed by atoms with Gasteiger partial charge in [0.2, 0.25) is 11.8 Å². The molecule has 0 aliphatic heterocycles. The van der Waals surface area contributed by atoms with E-state index in [9.17, 15) is 19.2 Å². The Morgan fingerprint density at radius 3 is 1.62 bits per heavy atom. The number of amides is 3. The number of alkyl carbamates (subject to hydrolysis) is 1. The van der Waals surface area contributed by atoms with Gasteiger partial charge in [-0.25, -0.2) is 4.79 Å². The van der Waals surface area contributed by atoms with Crippen LogP contribution in [0.25, 0.3) is 11.1 Å². The molecule has 0 fully saturated rings. The highest BCUT2D eigenvalue weighted by Gasteiger charge is 2.39. The fourth-order valence-corrected chi connectivity index (χ4v) is 6.92. The molecule has 52 heavy (non-hydrogen) atoms. The van der Waals surface area contributed by atoms with Crippen molar-refractivity contribution in [2.45, 2.75) is 44.2 Å². The summed E-state index contributed by atoms with van der Waals surface area (Å²) in [6.45, 7) is 3.51. The molecule has 1 aliphatic carbocycles. The summed E-state index contributed by atoms with van der Waals surface area (Å²) in [6, 6.07) is 43.5. The van der Waals surface area contributed by atoms with E-state index in [1.54, 1.807) is 6.92 Å². The van der Waals surface area contributed by atoms with E-state index < -0.39 is 35.9 Å². The van der Waals surface area contributed by atoms with Crippen LogP contribution in [0.3, 0.4) is 0 Å². The molecule has 0 spiro atoms. The number of ketones is 1. The van der Waals surface area contributed by atoms with Crippen molar-refractivity contribution < 1.29 is 23.9 Å². The first-order valence-corrected chi connectivity index (χ1v) is 17.7. The number of rotatable bonds is 14. The van der Waals surface area contributed by atoms with Crippen molar-refractivity contribution in [1.82, 2.24) is 16.0 Å². The summed E-state index contributed by atoms with van der Waals surface area (Å²) in [5, 5.41) is 8.55. The van der Waals surface area contributed by atoms with Crippen LogP contribution >= 0.6 is 0 Å². The number of hydrogen-bond donors (Lipinski definition) is 3. The van der Waals surface area contributed by atoms with E-state index in [1.807, 2.05) is 146 Å². The largest absolute Gasteiger partial charge is 0.449 e. The zero-order valence-corrected chi connectivity index (χ0v) is 29.4. The lowest BCUT2D eigenvalue weighted by Gasteiger charge is -2.37. The molecule has 0 radical (unpaired) electrons. The van der Waals surface area contributed by atoms with Gasteiger partial charge in [-0.1, -0.05) is 153 Å². The number of carbonyl (C=O) groups is 4. The van der Waals surface area contributed by atoms with Crippen molar-refractivity contribution in [3.05, 3.63) is 167 Å². The standard InChI is InChI=1S/C44H43N3O5/c1-3-30(2)40(48)28-45-42(50)39(46-43(51)52-29-38-36-25-15-13-23-34(36)35-24-14-16-26-37(35)38)27-41(49)47-44(31-17-7-4-8-18-31,32-19-9-5-10-20-32)33-21-11-6-12-22-33/h4-26,30,38-39H,3,27-29H2,1-2H3,(H,45,50)(H,46,51)(H,47,49)/t30-,39-/m0/s1. The average Bonchev–Trinajstić information content (AvgIpc) is 3.51. The molecule has 3 N–H and O–H groups in total. The Kier molecular flexibility index (Phi) is 11.2. The summed E-state index contributed by atoms with van der Waals surface area (Å²) in [5.74, 6) is -1.74. The van der Waals surface area contributed by atoms with Gasteiger partial charge in [-0.15, -0.1) is 0 Å². The number of Topliss-reactive ketones (excluding diaryl/α,β-unsaturated/α-hetero) is 1. The van der Waals surface area contributed by atoms with Crippen LogP contribution in [0.2, 0.25) is 0 Å². The maximum atomic E-state index is 14.3. The van der Waals surface area contributed by atoms with Crippen LogP contribution in [0, 0.1) is 5.92 Å². The van der Waals surface area contributed by atoms with Crippen LogP contribution in [-0.4, -0.2) is 42.9 Å². The first-order valence-electron chi connectivity index (χ1n) is 17.7. The molecule has 3 amide bonds. The molecule has 5 aromatic rings. The van der Waals surface area contributed by atoms with E-state index >= 15 is 0 Å². The molecule has 8 nitrogen and oxygen atoms in total. The summed E-state index contributed by atoms with van der Waals surface area (Å²) in [6.07, 6.45) is -0.635. The highest BCUT2D eigenvalue weighted by atomic mass is 16.5. The number of fused-ring (bicyclic) bond motifs is 3. The minimum absolute atomic E-state index is 0.0338. The molecule has 0 saturated heterocycles. The van der Waals surface area contributed by atoms with Gasteiger partial charge < -0.3 is 20.7 Å². The highest BCUT2D eigenvalue weighted by Crippen LogP contribution is 2.44. The number of ether oxygens (including phenoxy) is 1. The van der Waals surface area contributed by atoms with Gasteiger partial charge >= 0.3 is 6.09 Å². The van der Waals surface area contributed by atoms with Crippen molar-refractivity contribution in [3.63, 3.8) is 0 Å². The van der Waals surface area contributed by atoms with Crippen molar-refractivity contribution in [3.8, 4) is 11.1 Å². The van der Waals surface area contributed by atoms with Crippen molar-refractivity contribution in [2.24, 2.45) is 5.92 Å². The van der Waals surface area contributed by atoms with Crippen molar-refractivity contribution >= 4 is 23.7 Å². The fourth-order valence-electron chi connectivity index (χ4n) is 6.92. The van der Waals surface area contributed by atoms with Crippen LogP contribution in [0.1, 0.15) is 60.4 Å². The molecule has 5 aromatic carbocycles. The maximum absolute atomic E-state index is 14.3. The molecule has 6 rings (SSSR count). The summed E-state index contributed by atoms with van der Waals surface area (Å²) in [5.41, 5.74) is 5.58. The number of nitrogens with one attached hydrogen (secondary N) is 3. The summed E-state index contributed by atoms with van der Waals surface area (Å²) in [4.78, 5) is 54.0. The first kappa shape index (κ1) is 35.8. The fraction of sp³-hybridized carbons (Fsp3) is 0.227. The first-order chi connectivity index (χ1) is 25.3. The summed E-state index contributed by atoms with van der Waals surface area (Å²) < 4.78 is 5.76. The maximum Gasteiger partial charge on any atom is 0.407 e. The Morgan fingerprint density at radius 2 is 1.13 bits per heavy atom. The Labute approximate surface area is 304 Å². The van der Waals surface area contributed by atoms with Gasteiger partial charge in [-0.3, -0.25) is 14.4 Å². The van der Waals surface area contributed by atoms with E-state index in [1.165, 1.54) is 0 Å². The lowest BCUT2D eigenvalue weighted by Crippen LogP contribution is -2.53. The van der Waals surface area contributed by atoms with Gasteiger partial charge in [0.15, 0.2) is 5.78 Å². The topological polar surface area (TPSA) is 114 Å². The second-order valence-corrected chi connectivity index (χ2v) is 13.1. The zero-order chi connectivity index (χ0) is 36.5. The van der Waals surface area contributed by atoms with E-state index in [-0.39, 0.29) is 30.8 Å².